The maximum Gasteiger partial charge on any atom is 0.338 e. The summed E-state index contributed by atoms with van der Waals surface area (Å²) >= 11 is 0. The molecule has 0 atom stereocenters. The van der Waals surface area contributed by atoms with Crippen molar-refractivity contribution < 1.29 is 19.0 Å². The van der Waals surface area contributed by atoms with Gasteiger partial charge in [0.25, 0.3) is 0 Å². The van der Waals surface area contributed by atoms with Crippen molar-refractivity contribution in [1.29, 1.82) is 0 Å². The first-order chi connectivity index (χ1) is 9.72. The van der Waals surface area contributed by atoms with Gasteiger partial charge in [0.05, 0.1) is 5.56 Å². The molecule has 0 spiro atoms. The third-order valence-electron chi connectivity index (χ3n) is 3.06. The summed E-state index contributed by atoms with van der Waals surface area (Å²) in [6.45, 7) is 2.45. The summed E-state index contributed by atoms with van der Waals surface area (Å²) in [6, 6.07) is 12.9. The zero-order valence-electron chi connectivity index (χ0n) is 11.1. The Labute approximate surface area is 116 Å². The van der Waals surface area contributed by atoms with E-state index in [2.05, 4.69) is 0 Å². The van der Waals surface area contributed by atoms with E-state index in [9.17, 15) is 4.79 Å². The summed E-state index contributed by atoms with van der Waals surface area (Å²) in [5.41, 5.74) is 2.57. The second kappa shape index (κ2) is 5.25. The van der Waals surface area contributed by atoms with Crippen molar-refractivity contribution in [3.8, 4) is 11.5 Å². The topological polar surface area (TPSA) is 44.8 Å². The van der Waals surface area contributed by atoms with Gasteiger partial charge in [0, 0.05) is 0 Å². The van der Waals surface area contributed by atoms with Gasteiger partial charge in [-0.3, -0.25) is 0 Å². The molecule has 2 aromatic carbocycles. The Morgan fingerprint density at radius 1 is 1.15 bits per heavy atom. The molecule has 0 aliphatic carbocycles. The van der Waals surface area contributed by atoms with Crippen LogP contribution in [0.15, 0.2) is 42.5 Å². The molecule has 0 N–H and O–H groups in total. The summed E-state index contributed by atoms with van der Waals surface area (Å²) in [7, 11) is 0. The highest BCUT2D eigenvalue weighted by molar-refractivity contribution is 5.90. The first-order valence-corrected chi connectivity index (χ1v) is 6.35. The summed E-state index contributed by atoms with van der Waals surface area (Å²) in [5.74, 6) is 0.861. The normalized spacial score (nSPS) is 12.2. The summed E-state index contributed by atoms with van der Waals surface area (Å²) < 4.78 is 15.7. The molecule has 0 radical (unpaired) electrons. The molecule has 20 heavy (non-hydrogen) atoms. The van der Waals surface area contributed by atoms with Crippen LogP contribution in [-0.2, 0) is 11.3 Å². The molecule has 0 saturated carbocycles. The average Bonchev–Trinajstić information content (AvgIpc) is 2.92. The van der Waals surface area contributed by atoms with Crippen molar-refractivity contribution in [3.05, 3.63) is 59.2 Å². The Hall–Kier alpha value is -2.49. The van der Waals surface area contributed by atoms with Gasteiger partial charge >= 0.3 is 5.97 Å². The molecule has 0 aromatic heterocycles. The molecule has 0 amide bonds. The van der Waals surface area contributed by atoms with Crippen molar-refractivity contribution >= 4 is 5.97 Å². The molecule has 4 nitrogen and oxygen atoms in total. The van der Waals surface area contributed by atoms with Crippen LogP contribution in [0.4, 0.5) is 0 Å². The van der Waals surface area contributed by atoms with Gasteiger partial charge in [0.15, 0.2) is 11.5 Å². The van der Waals surface area contributed by atoms with E-state index < -0.39 is 0 Å². The fraction of sp³-hybridized carbons (Fsp3) is 0.188. The van der Waals surface area contributed by atoms with Gasteiger partial charge in [0.2, 0.25) is 6.79 Å². The Bertz CT molecular complexity index is 649. The lowest BCUT2D eigenvalue weighted by atomic mass is 10.1. The summed E-state index contributed by atoms with van der Waals surface area (Å²) in [5, 5.41) is 0. The molecular formula is C16H14O4. The maximum atomic E-state index is 12.0. The lowest BCUT2D eigenvalue weighted by Gasteiger charge is -2.06. The van der Waals surface area contributed by atoms with Gasteiger partial charge in [-0.2, -0.15) is 0 Å². The highest BCUT2D eigenvalue weighted by atomic mass is 16.7. The predicted octanol–water partition coefficient (Wildman–Crippen LogP) is 3.08. The van der Waals surface area contributed by atoms with Gasteiger partial charge in [-0.25, -0.2) is 4.79 Å². The van der Waals surface area contributed by atoms with E-state index in [1.807, 2.05) is 31.2 Å². The van der Waals surface area contributed by atoms with Crippen LogP contribution in [0, 0.1) is 6.92 Å². The van der Waals surface area contributed by atoms with Crippen LogP contribution >= 0.6 is 0 Å². The molecule has 0 unspecified atom stereocenters. The minimum atomic E-state index is -0.371. The van der Waals surface area contributed by atoms with Crippen molar-refractivity contribution in [2.45, 2.75) is 13.5 Å². The number of carbonyl (C=O) groups excluding carboxylic acids is 1. The lowest BCUT2D eigenvalue weighted by Crippen LogP contribution is -2.05. The van der Waals surface area contributed by atoms with Gasteiger partial charge in [-0.05, 0) is 30.7 Å². The minimum absolute atomic E-state index is 0.192. The fourth-order valence-corrected chi connectivity index (χ4v) is 2.06. The van der Waals surface area contributed by atoms with Gasteiger partial charge in [-0.1, -0.05) is 29.8 Å². The standard InChI is InChI=1S/C16H14O4/c1-11-3-2-4-12(7-11)9-18-16(17)13-5-6-14-15(8-13)20-10-19-14/h2-8H,9-10H2,1H3. The number of carbonyl (C=O) groups is 1. The lowest BCUT2D eigenvalue weighted by molar-refractivity contribution is 0.0472. The molecule has 0 bridgehead atoms. The van der Waals surface area contributed by atoms with E-state index in [0.717, 1.165) is 11.1 Å². The van der Waals surface area contributed by atoms with Crippen molar-refractivity contribution in [1.82, 2.24) is 0 Å². The third-order valence-corrected chi connectivity index (χ3v) is 3.06. The first-order valence-electron chi connectivity index (χ1n) is 6.35. The molecule has 0 fully saturated rings. The van der Waals surface area contributed by atoms with E-state index in [1.165, 1.54) is 0 Å². The average molecular weight is 270 g/mol. The van der Waals surface area contributed by atoms with E-state index >= 15 is 0 Å². The van der Waals surface area contributed by atoms with Crippen LogP contribution in [0.2, 0.25) is 0 Å². The predicted molar refractivity (Wildman–Crippen MR) is 72.9 cm³/mol. The molecule has 2 aromatic rings. The molecule has 3 rings (SSSR count). The van der Waals surface area contributed by atoms with Crippen molar-refractivity contribution in [2.75, 3.05) is 6.79 Å². The number of hydrogen-bond donors (Lipinski definition) is 0. The van der Waals surface area contributed by atoms with Gasteiger partial charge in [0.1, 0.15) is 6.61 Å². The molecule has 1 aliphatic heterocycles. The van der Waals surface area contributed by atoms with Crippen LogP contribution in [0.1, 0.15) is 21.5 Å². The Kier molecular flexibility index (Phi) is 3.29. The fourth-order valence-electron chi connectivity index (χ4n) is 2.06. The summed E-state index contributed by atoms with van der Waals surface area (Å²) in [4.78, 5) is 12.0. The third kappa shape index (κ3) is 2.59. The minimum Gasteiger partial charge on any atom is -0.457 e. The highest BCUT2D eigenvalue weighted by Crippen LogP contribution is 2.32. The van der Waals surface area contributed by atoms with Gasteiger partial charge in [-0.15, -0.1) is 0 Å². The van der Waals surface area contributed by atoms with Crippen LogP contribution in [0.5, 0.6) is 11.5 Å². The van der Waals surface area contributed by atoms with Crippen LogP contribution in [0.3, 0.4) is 0 Å². The Morgan fingerprint density at radius 3 is 2.85 bits per heavy atom. The maximum absolute atomic E-state index is 12.0. The van der Waals surface area contributed by atoms with E-state index in [-0.39, 0.29) is 19.4 Å². The highest BCUT2D eigenvalue weighted by Gasteiger charge is 2.16. The molecule has 102 valence electrons. The van der Waals surface area contributed by atoms with Crippen LogP contribution in [0.25, 0.3) is 0 Å². The number of esters is 1. The monoisotopic (exact) mass is 270 g/mol. The first kappa shape index (κ1) is 12.5. The number of aryl methyl sites for hydroxylation is 1. The second-order valence-corrected chi connectivity index (χ2v) is 4.63. The number of hydrogen-bond acceptors (Lipinski definition) is 4. The largest absolute Gasteiger partial charge is 0.457 e. The quantitative estimate of drug-likeness (QED) is 0.804. The summed E-state index contributed by atoms with van der Waals surface area (Å²) in [6.07, 6.45) is 0. The smallest absolute Gasteiger partial charge is 0.338 e. The van der Waals surface area contributed by atoms with Crippen molar-refractivity contribution in [2.24, 2.45) is 0 Å². The van der Waals surface area contributed by atoms with E-state index in [4.69, 9.17) is 14.2 Å². The van der Waals surface area contributed by atoms with Gasteiger partial charge < -0.3 is 14.2 Å². The Balaban J connectivity index is 1.67. The van der Waals surface area contributed by atoms with E-state index in [0.29, 0.717) is 17.1 Å². The molecular weight excluding hydrogens is 256 g/mol. The molecule has 1 aliphatic rings. The van der Waals surface area contributed by atoms with Crippen LogP contribution < -0.4 is 9.47 Å². The van der Waals surface area contributed by atoms with E-state index in [1.54, 1.807) is 18.2 Å². The second-order valence-electron chi connectivity index (χ2n) is 4.63. The zero-order chi connectivity index (χ0) is 13.9. The number of fused-ring (bicyclic) bond motifs is 1. The number of ether oxygens (including phenoxy) is 3. The molecule has 0 saturated heterocycles. The van der Waals surface area contributed by atoms with Crippen molar-refractivity contribution in [3.63, 3.8) is 0 Å². The van der Waals surface area contributed by atoms with Crippen LogP contribution in [-0.4, -0.2) is 12.8 Å². The molecule has 4 heteroatoms. The zero-order valence-corrected chi connectivity index (χ0v) is 11.1. The SMILES string of the molecule is Cc1cccc(COC(=O)c2ccc3c(c2)OCO3)c1. The Morgan fingerprint density at radius 2 is 2.00 bits per heavy atom. The molecule has 1 heterocycles. The number of rotatable bonds is 3. The number of benzene rings is 2.